The Morgan fingerprint density at radius 3 is 2.58 bits per heavy atom. The number of nitriles is 1. The Labute approximate surface area is 146 Å². The summed E-state index contributed by atoms with van der Waals surface area (Å²) in [6.45, 7) is 2.29. The number of hydrogen-bond acceptors (Lipinski definition) is 4. The maximum Gasteiger partial charge on any atom is 0.219 e. The average Bonchev–Trinajstić information content (AvgIpc) is 2.60. The Morgan fingerprint density at radius 2 is 1.92 bits per heavy atom. The smallest absolute Gasteiger partial charge is 0.219 e. The van der Waals surface area contributed by atoms with Gasteiger partial charge in [0.15, 0.2) is 6.61 Å². The molecule has 0 saturated carbocycles. The molecule has 4 nitrogen and oxygen atoms in total. The van der Waals surface area contributed by atoms with Crippen molar-refractivity contribution in [3.05, 3.63) is 64.7 Å². The van der Waals surface area contributed by atoms with Crippen molar-refractivity contribution in [1.82, 2.24) is 0 Å². The first-order valence-corrected chi connectivity index (χ1v) is 7.81. The van der Waals surface area contributed by atoms with Gasteiger partial charge in [0.2, 0.25) is 5.90 Å². The minimum atomic E-state index is 0.0432. The van der Waals surface area contributed by atoms with Crippen molar-refractivity contribution in [2.24, 2.45) is 0 Å². The molecule has 0 amide bonds. The monoisotopic (exact) mass is 340 g/mol. The van der Waals surface area contributed by atoms with E-state index in [1.807, 2.05) is 25.1 Å². The second-order valence-electron chi connectivity index (χ2n) is 4.86. The van der Waals surface area contributed by atoms with Gasteiger partial charge in [-0.25, -0.2) is 0 Å². The number of benzene rings is 2. The lowest BCUT2D eigenvalue weighted by Crippen LogP contribution is -2.14. The van der Waals surface area contributed by atoms with E-state index in [1.165, 1.54) is 0 Å². The van der Waals surface area contributed by atoms with Gasteiger partial charge in [-0.3, -0.25) is 5.41 Å². The molecule has 0 radical (unpaired) electrons. The molecule has 0 aliphatic carbocycles. The number of rotatable bonds is 6. The van der Waals surface area contributed by atoms with Gasteiger partial charge in [0.25, 0.3) is 0 Å². The number of hydrogen-bond donors (Lipinski definition) is 1. The predicted octanol–water partition coefficient (Wildman–Crippen LogP) is 4.80. The van der Waals surface area contributed by atoms with Gasteiger partial charge in [0.05, 0.1) is 18.2 Å². The van der Waals surface area contributed by atoms with Gasteiger partial charge in [0.1, 0.15) is 5.75 Å². The van der Waals surface area contributed by atoms with Crippen LogP contribution < -0.4 is 4.74 Å². The molecular formula is C19H17ClN2O2. The van der Waals surface area contributed by atoms with Crippen LogP contribution >= 0.6 is 11.6 Å². The van der Waals surface area contributed by atoms with Gasteiger partial charge >= 0.3 is 0 Å². The summed E-state index contributed by atoms with van der Waals surface area (Å²) < 4.78 is 10.7. The topological polar surface area (TPSA) is 66.1 Å². The number of halogens is 1. The Hall–Kier alpha value is -2.77. The van der Waals surface area contributed by atoms with E-state index in [1.54, 1.807) is 36.4 Å². The van der Waals surface area contributed by atoms with E-state index in [0.717, 1.165) is 11.1 Å². The molecule has 0 bridgehead atoms. The molecule has 0 aromatic heterocycles. The maximum atomic E-state index is 9.44. The van der Waals surface area contributed by atoms with Gasteiger partial charge in [-0.2, -0.15) is 5.26 Å². The number of ether oxygens (including phenoxy) is 2. The molecule has 1 N–H and O–H groups in total. The highest BCUT2D eigenvalue weighted by Crippen LogP contribution is 2.25. The molecule has 24 heavy (non-hydrogen) atoms. The van der Waals surface area contributed by atoms with Crippen molar-refractivity contribution >= 4 is 29.1 Å². The first kappa shape index (κ1) is 17.6. The predicted molar refractivity (Wildman–Crippen MR) is 96.2 cm³/mol. The van der Waals surface area contributed by atoms with Crippen LogP contribution in [0.15, 0.2) is 48.5 Å². The summed E-state index contributed by atoms with van der Waals surface area (Å²) in [5, 5.41) is 17.7. The Kier molecular flexibility index (Phi) is 6.41. The van der Waals surface area contributed by atoms with E-state index in [2.05, 4.69) is 6.07 Å². The van der Waals surface area contributed by atoms with Crippen LogP contribution in [0.25, 0.3) is 11.6 Å². The summed E-state index contributed by atoms with van der Waals surface area (Å²) in [6.07, 6.45) is 1.75. The van der Waals surface area contributed by atoms with Crippen molar-refractivity contribution in [1.29, 1.82) is 10.7 Å². The molecule has 0 aliphatic heterocycles. The molecule has 0 unspecified atom stereocenters. The molecule has 2 rings (SSSR count). The van der Waals surface area contributed by atoms with E-state index < -0.39 is 0 Å². The fraction of sp³-hybridized carbons (Fsp3) is 0.158. The third-order valence-electron chi connectivity index (χ3n) is 3.17. The number of allylic oxidation sites excluding steroid dienone is 1. The lowest BCUT2D eigenvalue weighted by molar-refractivity contribution is 0.273. The Morgan fingerprint density at radius 1 is 1.21 bits per heavy atom. The van der Waals surface area contributed by atoms with Crippen LogP contribution in [0.2, 0.25) is 5.02 Å². The van der Waals surface area contributed by atoms with Crippen molar-refractivity contribution in [3.63, 3.8) is 0 Å². The molecule has 0 atom stereocenters. The van der Waals surface area contributed by atoms with Gasteiger partial charge in [0, 0.05) is 10.6 Å². The highest BCUT2D eigenvalue weighted by molar-refractivity contribution is 6.30. The lowest BCUT2D eigenvalue weighted by Gasteiger charge is -2.10. The van der Waals surface area contributed by atoms with Crippen LogP contribution in [0.1, 0.15) is 18.1 Å². The van der Waals surface area contributed by atoms with Crippen molar-refractivity contribution < 1.29 is 9.47 Å². The van der Waals surface area contributed by atoms with Crippen LogP contribution in [0.3, 0.4) is 0 Å². The third-order valence-corrected chi connectivity index (χ3v) is 3.42. The molecule has 122 valence electrons. The van der Waals surface area contributed by atoms with Crippen LogP contribution in [0, 0.1) is 16.7 Å². The molecule has 0 fully saturated rings. The largest absolute Gasteiger partial charge is 0.483 e. The van der Waals surface area contributed by atoms with Crippen molar-refractivity contribution in [2.75, 3.05) is 13.2 Å². The van der Waals surface area contributed by atoms with Crippen molar-refractivity contribution in [3.8, 4) is 11.8 Å². The van der Waals surface area contributed by atoms with Gasteiger partial charge in [-0.1, -0.05) is 41.9 Å². The summed E-state index contributed by atoms with van der Waals surface area (Å²) in [5.74, 6) is 0.651. The van der Waals surface area contributed by atoms with Gasteiger partial charge in [-0.05, 0) is 36.8 Å². The van der Waals surface area contributed by atoms with Crippen LogP contribution in [-0.4, -0.2) is 19.1 Å². The average molecular weight is 341 g/mol. The van der Waals surface area contributed by atoms with E-state index >= 15 is 0 Å². The minimum absolute atomic E-state index is 0.0432. The SMILES string of the molecule is CCOC(=N)COc1ccccc1C=C(C#N)c1ccc(Cl)cc1. The zero-order chi connectivity index (χ0) is 17.4. The molecule has 0 spiro atoms. The summed E-state index contributed by atoms with van der Waals surface area (Å²) in [6, 6.07) is 16.6. The summed E-state index contributed by atoms with van der Waals surface area (Å²) in [7, 11) is 0. The maximum absolute atomic E-state index is 9.44. The second-order valence-corrected chi connectivity index (χ2v) is 5.30. The number of para-hydroxylation sites is 1. The molecule has 2 aromatic rings. The highest BCUT2D eigenvalue weighted by Gasteiger charge is 2.06. The zero-order valence-electron chi connectivity index (χ0n) is 13.3. The number of nitrogens with one attached hydrogen (secondary N) is 1. The minimum Gasteiger partial charge on any atom is -0.483 e. The molecule has 0 saturated heterocycles. The first-order valence-electron chi connectivity index (χ1n) is 7.43. The lowest BCUT2D eigenvalue weighted by atomic mass is 10.0. The molecule has 0 aliphatic rings. The standard InChI is InChI=1S/C19H17ClN2O2/c1-2-23-19(22)13-24-18-6-4-3-5-15(18)11-16(12-21)14-7-9-17(20)10-8-14/h3-11,22H,2,13H2,1H3. The quantitative estimate of drug-likeness (QED) is 0.355. The van der Waals surface area contributed by atoms with E-state index in [0.29, 0.717) is 23.0 Å². The van der Waals surface area contributed by atoms with E-state index in [4.69, 9.17) is 26.5 Å². The molecule has 2 aromatic carbocycles. The van der Waals surface area contributed by atoms with Crippen LogP contribution in [0.5, 0.6) is 5.75 Å². The third kappa shape index (κ3) is 4.87. The zero-order valence-corrected chi connectivity index (χ0v) is 14.0. The Balaban J connectivity index is 2.26. The molecular weight excluding hydrogens is 324 g/mol. The summed E-state index contributed by atoms with van der Waals surface area (Å²) in [4.78, 5) is 0. The van der Waals surface area contributed by atoms with Gasteiger partial charge < -0.3 is 9.47 Å². The number of nitrogens with zero attached hydrogens (tertiary/aromatic N) is 1. The van der Waals surface area contributed by atoms with Gasteiger partial charge in [-0.15, -0.1) is 0 Å². The summed E-state index contributed by atoms with van der Waals surface area (Å²) >= 11 is 5.89. The molecule has 5 heteroatoms. The fourth-order valence-electron chi connectivity index (χ4n) is 2.06. The first-order chi connectivity index (χ1) is 11.6. The second kappa shape index (κ2) is 8.76. The fourth-order valence-corrected chi connectivity index (χ4v) is 2.18. The molecule has 0 heterocycles. The van der Waals surface area contributed by atoms with Crippen LogP contribution in [0.4, 0.5) is 0 Å². The van der Waals surface area contributed by atoms with Crippen LogP contribution in [-0.2, 0) is 4.74 Å². The van der Waals surface area contributed by atoms with E-state index in [9.17, 15) is 5.26 Å². The summed E-state index contributed by atoms with van der Waals surface area (Å²) in [5.41, 5.74) is 2.04. The normalized spacial score (nSPS) is 10.8. The Bertz CT molecular complexity index is 777. The van der Waals surface area contributed by atoms with Crippen molar-refractivity contribution in [2.45, 2.75) is 6.92 Å². The van der Waals surface area contributed by atoms with E-state index in [-0.39, 0.29) is 12.5 Å². The highest BCUT2D eigenvalue weighted by atomic mass is 35.5.